The summed E-state index contributed by atoms with van der Waals surface area (Å²) in [5.41, 5.74) is 0.721. The number of rotatable bonds is 3. The average Bonchev–Trinajstić information content (AvgIpc) is 2.65. The minimum Gasteiger partial charge on any atom is -0.337 e. The van der Waals surface area contributed by atoms with Crippen LogP contribution in [0.1, 0.15) is 40.7 Å². The first-order chi connectivity index (χ1) is 12.5. The Bertz CT molecular complexity index is 813. The van der Waals surface area contributed by atoms with Crippen molar-refractivity contribution in [2.24, 2.45) is 5.92 Å². The summed E-state index contributed by atoms with van der Waals surface area (Å²) >= 11 is 12.2. The molecule has 1 N–H and O–H groups in total. The SMILES string of the molecule is CC1CCN(C(=O)c2cccc(C(=O)Nc3c(Cl)cccc3Cl)n2)CC1. The normalized spacial score (nSPS) is 15.0. The fourth-order valence-corrected chi connectivity index (χ4v) is 3.34. The predicted molar refractivity (Wildman–Crippen MR) is 103 cm³/mol. The Morgan fingerprint density at radius 3 is 2.27 bits per heavy atom. The van der Waals surface area contributed by atoms with Gasteiger partial charge in [0.05, 0.1) is 15.7 Å². The molecule has 5 nitrogen and oxygen atoms in total. The van der Waals surface area contributed by atoms with Gasteiger partial charge >= 0.3 is 0 Å². The quantitative estimate of drug-likeness (QED) is 0.836. The second-order valence-corrected chi connectivity index (χ2v) is 7.25. The highest BCUT2D eigenvalue weighted by molar-refractivity contribution is 6.40. The van der Waals surface area contributed by atoms with E-state index in [1.165, 1.54) is 0 Å². The van der Waals surface area contributed by atoms with E-state index < -0.39 is 5.91 Å². The summed E-state index contributed by atoms with van der Waals surface area (Å²) in [5.74, 6) is 0.00809. The van der Waals surface area contributed by atoms with Crippen LogP contribution in [0.2, 0.25) is 10.0 Å². The summed E-state index contributed by atoms with van der Waals surface area (Å²) in [6.07, 6.45) is 1.97. The third-order valence-corrected chi connectivity index (χ3v) is 5.10. The minimum atomic E-state index is -0.470. The Kier molecular flexibility index (Phi) is 5.79. The second kappa shape index (κ2) is 8.06. The Labute approximate surface area is 162 Å². The number of hydrogen-bond acceptors (Lipinski definition) is 3. The van der Waals surface area contributed by atoms with Gasteiger partial charge in [-0.25, -0.2) is 4.98 Å². The minimum absolute atomic E-state index is 0.136. The molecule has 0 radical (unpaired) electrons. The molecule has 1 aliphatic rings. The first kappa shape index (κ1) is 18.7. The maximum absolute atomic E-state index is 12.6. The molecule has 0 spiro atoms. The Hall–Kier alpha value is -2.11. The molecule has 0 aliphatic carbocycles. The van der Waals surface area contributed by atoms with E-state index in [4.69, 9.17) is 23.2 Å². The maximum Gasteiger partial charge on any atom is 0.274 e. The lowest BCUT2D eigenvalue weighted by atomic mass is 9.99. The van der Waals surface area contributed by atoms with E-state index in [9.17, 15) is 9.59 Å². The van der Waals surface area contributed by atoms with Gasteiger partial charge in [0.2, 0.25) is 0 Å². The number of benzene rings is 1. The van der Waals surface area contributed by atoms with Crippen LogP contribution in [0.5, 0.6) is 0 Å². The van der Waals surface area contributed by atoms with Gasteiger partial charge in [-0.1, -0.05) is 42.3 Å². The smallest absolute Gasteiger partial charge is 0.274 e. The molecular weight excluding hydrogens is 373 g/mol. The monoisotopic (exact) mass is 391 g/mol. The summed E-state index contributed by atoms with van der Waals surface area (Å²) < 4.78 is 0. The topological polar surface area (TPSA) is 62.3 Å². The van der Waals surface area contributed by atoms with Crippen LogP contribution < -0.4 is 5.32 Å². The van der Waals surface area contributed by atoms with Crippen LogP contribution in [-0.2, 0) is 0 Å². The van der Waals surface area contributed by atoms with Crippen molar-refractivity contribution in [1.82, 2.24) is 9.88 Å². The van der Waals surface area contributed by atoms with E-state index in [1.807, 2.05) is 0 Å². The second-order valence-electron chi connectivity index (χ2n) is 6.43. The van der Waals surface area contributed by atoms with Crippen molar-refractivity contribution in [1.29, 1.82) is 0 Å². The molecule has 2 amide bonds. The standard InChI is InChI=1S/C19H19Cl2N3O2/c1-12-8-10-24(11-9-12)19(26)16-7-3-6-15(22-16)18(25)23-17-13(20)4-2-5-14(17)21/h2-7,12H,8-11H2,1H3,(H,23,25). The highest BCUT2D eigenvalue weighted by Crippen LogP contribution is 2.30. The number of halogens is 2. The summed E-state index contributed by atoms with van der Waals surface area (Å²) in [6, 6.07) is 9.78. The molecule has 0 unspecified atom stereocenters. The molecule has 26 heavy (non-hydrogen) atoms. The van der Waals surface area contributed by atoms with Crippen LogP contribution in [0.3, 0.4) is 0 Å². The molecule has 1 saturated heterocycles. The third kappa shape index (κ3) is 4.17. The summed E-state index contributed by atoms with van der Waals surface area (Å²) in [6.45, 7) is 3.62. The Balaban J connectivity index is 1.76. The summed E-state index contributed by atoms with van der Waals surface area (Å²) in [4.78, 5) is 31.2. The number of likely N-dealkylation sites (tertiary alicyclic amines) is 1. The number of hydrogen-bond donors (Lipinski definition) is 1. The van der Waals surface area contributed by atoms with Crippen molar-refractivity contribution >= 4 is 40.7 Å². The lowest BCUT2D eigenvalue weighted by Crippen LogP contribution is -2.38. The largest absolute Gasteiger partial charge is 0.337 e. The molecule has 1 aromatic heterocycles. The number of piperidine rings is 1. The van der Waals surface area contributed by atoms with Crippen molar-refractivity contribution in [3.8, 4) is 0 Å². The van der Waals surface area contributed by atoms with Crippen LogP contribution in [0.4, 0.5) is 5.69 Å². The Morgan fingerprint density at radius 2 is 1.62 bits per heavy atom. The highest BCUT2D eigenvalue weighted by Gasteiger charge is 2.23. The molecule has 1 aliphatic heterocycles. The van der Waals surface area contributed by atoms with Gasteiger partial charge in [0.1, 0.15) is 11.4 Å². The number of nitrogens with one attached hydrogen (secondary N) is 1. The molecular formula is C19H19Cl2N3O2. The van der Waals surface area contributed by atoms with E-state index in [0.717, 1.165) is 12.8 Å². The molecule has 0 atom stereocenters. The zero-order valence-electron chi connectivity index (χ0n) is 14.3. The van der Waals surface area contributed by atoms with Crippen LogP contribution in [0, 0.1) is 5.92 Å². The van der Waals surface area contributed by atoms with Crippen molar-refractivity contribution in [2.45, 2.75) is 19.8 Å². The predicted octanol–water partition coefficient (Wildman–Crippen LogP) is 4.51. The van der Waals surface area contributed by atoms with E-state index in [-0.39, 0.29) is 17.3 Å². The summed E-state index contributed by atoms with van der Waals surface area (Å²) in [7, 11) is 0. The van der Waals surface area contributed by atoms with Crippen LogP contribution in [0.25, 0.3) is 0 Å². The van der Waals surface area contributed by atoms with Crippen LogP contribution in [0.15, 0.2) is 36.4 Å². The Morgan fingerprint density at radius 1 is 1.04 bits per heavy atom. The van der Waals surface area contributed by atoms with Gasteiger partial charge in [-0.3, -0.25) is 9.59 Å². The lowest BCUT2D eigenvalue weighted by Gasteiger charge is -2.30. The van der Waals surface area contributed by atoms with Gasteiger partial charge in [-0.15, -0.1) is 0 Å². The lowest BCUT2D eigenvalue weighted by molar-refractivity contribution is 0.0691. The van der Waals surface area contributed by atoms with Gasteiger partial charge in [0.15, 0.2) is 0 Å². The summed E-state index contributed by atoms with van der Waals surface area (Å²) in [5, 5.41) is 3.32. The number of carbonyl (C=O) groups is 2. The highest BCUT2D eigenvalue weighted by atomic mass is 35.5. The fourth-order valence-electron chi connectivity index (χ4n) is 2.85. The van der Waals surface area contributed by atoms with E-state index in [1.54, 1.807) is 41.3 Å². The van der Waals surface area contributed by atoms with Crippen LogP contribution in [-0.4, -0.2) is 34.8 Å². The zero-order chi connectivity index (χ0) is 18.7. The van der Waals surface area contributed by atoms with E-state index >= 15 is 0 Å². The van der Waals surface area contributed by atoms with Crippen molar-refractivity contribution in [2.75, 3.05) is 18.4 Å². The molecule has 2 aromatic rings. The van der Waals surface area contributed by atoms with Crippen molar-refractivity contribution in [3.05, 3.63) is 57.8 Å². The number of aromatic nitrogens is 1. The number of nitrogens with zero attached hydrogens (tertiary/aromatic N) is 2. The number of amides is 2. The molecule has 0 bridgehead atoms. The number of anilines is 1. The number of para-hydroxylation sites is 1. The molecule has 2 heterocycles. The van der Waals surface area contributed by atoms with Crippen LogP contribution >= 0.6 is 23.2 Å². The molecule has 7 heteroatoms. The van der Waals surface area contributed by atoms with Gasteiger partial charge in [-0.05, 0) is 43.0 Å². The third-order valence-electron chi connectivity index (χ3n) is 4.47. The van der Waals surface area contributed by atoms with Gasteiger partial charge < -0.3 is 10.2 Å². The van der Waals surface area contributed by atoms with Gasteiger partial charge in [0.25, 0.3) is 11.8 Å². The van der Waals surface area contributed by atoms with Crippen molar-refractivity contribution < 1.29 is 9.59 Å². The number of pyridine rings is 1. The van der Waals surface area contributed by atoms with E-state index in [0.29, 0.717) is 34.7 Å². The average molecular weight is 392 g/mol. The first-order valence-electron chi connectivity index (χ1n) is 8.47. The van der Waals surface area contributed by atoms with Gasteiger partial charge in [0, 0.05) is 13.1 Å². The molecule has 1 fully saturated rings. The molecule has 3 rings (SSSR count). The zero-order valence-corrected chi connectivity index (χ0v) is 15.8. The maximum atomic E-state index is 12.6. The van der Waals surface area contributed by atoms with Crippen molar-refractivity contribution in [3.63, 3.8) is 0 Å². The molecule has 136 valence electrons. The molecule has 0 saturated carbocycles. The first-order valence-corrected chi connectivity index (χ1v) is 9.23. The molecule has 1 aromatic carbocycles. The van der Waals surface area contributed by atoms with E-state index in [2.05, 4.69) is 17.2 Å². The fraction of sp³-hybridized carbons (Fsp3) is 0.316. The number of carbonyl (C=O) groups excluding carboxylic acids is 2. The van der Waals surface area contributed by atoms with Gasteiger partial charge in [-0.2, -0.15) is 0 Å².